The standard InChI is InChI=1S/C16H29N7O.HI/c1-5-17-16(21(4)12-15(24)22(6-2)7-3)18-11-14-20-19-13-9-8-10-23(13)14;/h5-12H2,1-4H3,(H,17,18);1H. The van der Waals surface area contributed by atoms with Crippen LogP contribution < -0.4 is 5.32 Å². The molecule has 1 N–H and O–H groups in total. The van der Waals surface area contributed by atoms with Gasteiger partial charge in [0.2, 0.25) is 5.91 Å². The Hall–Kier alpha value is -1.39. The summed E-state index contributed by atoms with van der Waals surface area (Å²) in [6.07, 6.45) is 2.12. The predicted molar refractivity (Wildman–Crippen MR) is 109 cm³/mol. The van der Waals surface area contributed by atoms with Crippen molar-refractivity contribution in [3.05, 3.63) is 11.6 Å². The molecule has 2 rings (SSSR count). The molecule has 2 heterocycles. The average Bonchev–Trinajstić information content (AvgIpc) is 3.16. The third-order valence-corrected chi connectivity index (χ3v) is 4.24. The van der Waals surface area contributed by atoms with E-state index in [1.807, 2.05) is 37.6 Å². The Labute approximate surface area is 167 Å². The molecular formula is C16H30IN7O. The zero-order chi connectivity index (χ0) is 17.5. The van der Waals surface area contributed by atoms with Crippen LogP contribution in [0.15, 0.2) is 4.99 Å². The molecule has 0 aliphatic carbocycles. The lowest BCUT2D eigenvalue weighted by Crippen LogP contribution is -2.45. The molecule has 142 valence electrons. The van der Waals surface area contributed by atoms with Crippen LogP contribution in [0.25, 0.3) is 0 Å². The van der Waals surface area contributed by atoms with Gasteiger partial charge in [-0.15, -0.1) is 34.2 Å². The summed E-state index contributed by atoms with van der Waals surface area (Å²) in [7, 11) is 1.89. The second-order valence-electron chi connectivity index (χ2n) is 5.88. The van der Waals surface area contributed by atoms with Crippen LogP contribution in [0.4, 0.5) is 0 Å². The van der Waals surface area contributed by atoms with Crippen molar-refractivity contribution in [3.8, 4) is 0 Å². The molecule has 0 saturated carbocycles. The maximum absolute atomic E-state index is 12.3. The fraction of sp³-hybridized carbons (Fsp3) is 0.750. The van der Waals surface area contributed by atoms with Crippen molar-refractivity contribution in [2.75, 3.05) is 33.2 Å². The van der Waals surface area contributed by atoms with Crippen LogP contribution in [0.2, 0.25) is 0 Å². The monoisotopic (exact) mass is 463 g/mol. The number of aryl methyl sites for hydroxylation is 1. The Bertz CT molecular complexity index is 583. The van der Waals surface area contributed by atoms with Crippen LogP contribution in [0.3, 0.4) is 0 Å². The van der Waals surface area contributed by atoms with E-state index < -0.39 is 0 Å². The highest BCUT2D eigenvalue weighted by Crippen LogP contribution is 2.14. The lowest BCUT2D eigenvalue weighted by Gasteiger charge is -2.25. The van der Waals surface area contributed by atoms with Gasteiger partial charge < -0.3 is 19.7 Å². The SMILES string of the molecule is CCNC(=NCc1nnc2n1CCC2)N(C)CC(=O)N(CC)CC.I. The Morgan fingerprint density at radius 3 is 2.64 bits per heavy atom. The highest BCUT2D eigenvalue weighted by Gasteiger charge is 2.18. The zero-order valence-electron chi connectivity index (χ0n) is 15.7. The molecule has 0 unspecified atom stereocenters. The van der Waals surface area contributed by atoms with Crippen molar-refractivity contribution < 1.29 is 4.79 Å². The van der Waals surface area contributed by atoms with Crippen LogP contribution in [0.5, 0.6) is 0 Å². The van der Waals surface area contributed by atoms with E-state index in [2.05, 4.69) is 25.1 Å². The van der Waals surface area contributed by atoms with Crippen LogP contribution in [-0.2, 0) is 24.3 Å². The predicted octanol–water partition coefficient (Wildman–Crippen LogP) is 1.11. The van der Waals surface area contributed by atoms with E-state index in [1.165, 1.54) is 0 Å². The quantitative estimate of drug-likeness (QED) is 0.373. The molecule has 0 aromatic carbocycles. The van der Waals surface area contributed by atoms with Gasteiger partial charge in [0.15, 0.2) is 11.8 Å². The van der Waals surface area contributed by atoms with E-state index in [-0.39, 0.29) is 29.9 Å². The summed E-state index contributed by atoms with van der Waals surface area (Å²) < 4.78 is 2.15. The first-order valence-electron chi connectivity index (χ1n) is 8.78. The van der Waals surface area contributed by atoms with Crippen molar-refractivity contribution in [2.45, 2.75) is 46.7 Å². The summed E-state index contributed by atoms with van der Waals surface area (Å²) in [4.78, 5) is 20.6. The summed E-state index contributed by atoms with van der Waals surface area (Å²) in [5.74, 6) is 2.77. The minimum Gasteiger partial charge on any atom is -0.357 e. The Morgan fingerprint density at radius 2 is 2.00 bits per heavy atom. The highest BCUT2D eigenvalue weighted by molar-refractivity contribution is 14.0. The summed E-state index contributed by atoms with van der Waals surface area (Å²) in [5, 5.41) is 11.7. The number of nitrogens with one attached hydrogen (secondary N) is 1. The number of halogens is 1. The van der Waals surface area contributed by atoms with Gasteiger partial charge in [0.05, 0.1) is 6.54 Å². The molecule has 1 aromatic rings. The van der Waals surface area contributed by atoms with E-state index in [4.69, 9.17) is 0 Å². The van der Waals surface area contributed by atoms with Crippen molar-refractivity contribution in [3.63, 3.8) is 0 Å². The lowest BCUT2D eigenvalue weighted by molar-refractivity contribution is -0.131. The minimum absolute atomic E-state index is 0. The third-order valence-electron chi connectivity index (χ3n) is 4.24. The lowest BCUT2D eigenvalue weighted by atomic mass is 10.4. The van der Waals surface area contributed by atoms with Gasteiger partial charge in [-0.05, 0) is 27.2 Å². The van der Waals surface area contributed by atoms with Crippen molar-refractivity contribution in [2.24, 2.45) is 4.99 Å². The topological polar surface area (TPSA) is 78.6 Å². The molecule has 0 atom stereocenters. The number of rotatable bonds is 7. The molecular weight excluding hydrogens is 433 g/mol. The smallest absolute Gasteiger partial charge is 0.242 e. The molecule has 8 nitrogen and oxygen atoms in total. The average molecular weight is 463 g/mol. The van der Waals surface area contributed by atoms with Gasteiger partial charge in [-0.25, -0.2) is 4.99 Å². The first-order chi connectivity index (χ1) is 11.6. The largest absolute Gasteiger partial charge is 0.357 e. The number of carbonyl (C=O) groups is 1. The molecule has 9 heteroatoms. The number of aliphatic imine (C=N–C) groups is 1. The van der Waals surface area contributed by atoms with E-state index >= 15 is 0 Å². The van der Waals surface area contributed by atoms with E-state index in [1.54, 1.807) is 0 Å². The normalized spacial score (nSPS) is 13.2. The molecule has 0 fully saturated rings. The molecule has 1 aromatic heterocycles. The molecule has 1 aliphatic heterocycles. The molecule has 1 aliphatic rings. The fourth-order valence-corrected chi connectivity index (χ4v) is 2.90. The first-order valence-corrected chi connectivity index (χ1v) is 8.78. The van der Waals surface area contributed by atoms with Gasteiger partial charge >= 0.3 is 0 Å². The van der Waals surface area contributed by atoms with E-state index in [0.29, 0.717) is 19.0 Å². The summed E-state index contributed by atoms with van der Waals surface area (Å²) >= 11 is 0. The number of likely N-dealkylation sites (N-methyl/N-ethyl adjacent to an activating group) is 2. The summed E-state index contributed by atoms with van der Waals surface area (Å²) in [6.45, 7) is 9.96. The molecule has 0 bridgehead atoms. The van der Waals surface area contributed by atoms with Gasteiger partial charge in [0, 0.05) is 39.6 Å². The molecule has 1 amide bonds. The third kappa shape index (κ3) is 5.55. The second-order valence-corrected chi connectivity index (χ2v) is 5.88. The Morgan fingerprint density at radius 1 is 1.28 bits per heavy atom. The van der Waals surface area contributed by atoms with E-state index in [0.717, 1.165) is 50.7 Å². The van der Waals surface area contributed by atoms with Gasteiger partial charge in [-0.3, -0.25) is 4.79 Å². The van der Waals surface area contributed by atoms with Gasteiger partial charge in [0.25, 0.3) is 0 Å². The van der Waals surface area contributed by atoms with E-state index in [9.17, 15) is 4.79 Å². The maximum atomic E-state index is 12.3. The number of guanidine groups is 1. The van der Waals surface area contributed by atoms with Gasteiger partial charge in [-0.2, -0.15) is 0 Å². The number of carbonyl (C=O) groups excluding carboxylic acids is 1. The maximum Gasteiger partial charge on any atom is 0.242 e. The Balaban J connectivity index is 0.00000312. The minimum atomic E-state index is 0. The number of hydrogen-bond acceptors (Lipinski definition) is 4. The van der Waals surface area contributed by atoms with Crippen molar-refractivity contribution in [1.82, 2.24) is 29.9 Å². The van der Waals surface area contributed by atoms with Crippen LogP contribution in [0, 0.1) is 0 Å². The van der Waals surface area contributed by atoms with Crippen LogP contribution >= 0.6 is 24.0 Å². The van der Waals surface area contributed by atoms with Crippen LogP contribution in [0.1, 0.15) is 38.8 Å². The summed E-state index contributed by atoms with van der Waals surface area (Å²) in [5.41, 5.74) is 0. The van der Waals surface area contributed by atoms with Gasteiger partial charge in [0.1, 0.15) is 12.4 Å². The number of nitrogens with zero attached hydrogens (tertiary/aromatic N) is 6. The zero-order valence-corrected chi connectivity index (χ0v) is 18.0. The number of amides is 1. The van der Waals surface area contributed by atoms with Crippen molar-refractivity contribution in [1.29, 1.82) is 0 Å². The molecule has 25 heavy (non-hydrogen) atoms. The summed E-state index contributed by atoms with van der Waals surface area (Å²) in [6, 6.07) is 0. The first kappa shape index (κ1) is 21.7. The number of aromatic nitrogens is 3. The van der Waals surface area contributed by atoms with Gasteiger partial charge in [-0.1, -0.05) is 0 Å². The second kappa shape index (κ2) is 10.6. The van der Waals surface area contributed by atoms with Crippen molar-refractivity contribution >= 4 is 35.8 Å². The molecule has 0 spiro atoms. The van der Waals surface area contributed by atoms with Crippen LogP contribution in [-0.4, -0.2) is 69.7 Å². The number of hydrogen-bond donors (Lipinski definition) is 1. The highest BCUT2D eigenvalue weighted by atomic mass is 127. The fourth-order valence-electron chi connectivity index (χ4n) is 2.90. The molecule has 0 saturated heterocycles. The molecule has 0 radical (unpaired) electrons. The Kier molecular flexibility index (Phi) is 9.15. The number of fused-ring (bicyclic) bond motifs is 1.